The molecule has 2 aliphatic rings. The van der Waals surface area contributed by atoms with Gasteiger partial charge in [0.1, 0.15) is 5.82 Å². The number of ether oxygens (including phenoxy) is 1. The summed E-state index contributed by atoms with van der Waals surface area (Å²) in [6, 6.07) is 2.44. The van der Waals surface area contributed by atoms with Crippen LogP contribution in [0.1, 0.15) is 30.7 Å². The molecule has 2 aliphatic heterocycles. The van der Waals surface area contributed by atoms with Crippen molar-refractivity contribution in [2.24, 2.45) is 0 Å². The van der Waals surface area contributed by atoms with E-state index < -0.39 is 0 Å². The maximum Gasteiger partial charge on any atom is 0.224 e. The maximum absolute atomic E-state index is 6.11. The third kappa shape index (κ3) is 2.98. The highest BCUT2D eigenvalue weighted by atomic mass is 35.5. The van der Waals surface area contributed by atoms with Crippen molar-refractivity contribution in [1.29, 1.82) is 0 Å². The van der Waals surface area contributed by atoms with E-state index in [2.05, 4.69) is 27.9 Å². The molecule has 6 heteroatoms. The molecule has 0 radical (unpaired) electrons. The second kappa shape index (κ2) is 5.85. The molecule has 4 nitrogen and oxygen atoms in total. The van der Waals surface area contributed by atoms with Gasteiger partial charge in [-0.05, 0) is 37.1 Å². The van der Waals surface area contributed by atoms with Crippen molar-refractivity contribution in [3.63, 3.8) is 0 Å². The molecule has 2 unspecified atom stereocenters. The Morgan fingerprint density at radius 2 is 2.37 bits per heavy atom. The predicted molar refractivity (Wildman–Crippen MR) is 79.1 cm³/mol. The molecule has 0 aliphatic carbocycles. The smallest absolute Gasteiger partial charge is 0.224 e. The highest BCUT2D eigenvalue weighted by molar-refractivity contribution is 7.99. The largest absolute Gasteiger partial charge is 0.377 e. The van der Waals surface area contributed by atoms with Crippen molar-refractivity contribution in [1.82, 2.24) is 9.97 Å². The highest BCUT2D eigenvalue weighted by Crippen LogP contribution is 2.40. The average molecular weight is 300 g/mol. The van der Waals surface area contributed by atoms with Gasteiger partial charge in [0.05, 0.1) is 24.9 Å². The predicted octanol–water partition coefficient (Wildman–Crippen LogP) is 2.92. The van der Waals surface area contributed by atoms with Gasteiger partial charge >= 0.3 is 0 Å². The summed E-state index contributed by atoms with van der Waals surface area (Å²) >= 11 is 8.07. The fraction of sp³-hybridized carbons (Fsp3) is 0.692. The first-order valence-electron chi connectivity index (χ1n) is 6.74. The third-order valence-corrected chi connectivity index (χ3v) is 5.20. The summed E-state index contributed by atoms with van der Waals surface area (Å²) in [5.74, 6) is 2.16. The quantitative estimate of drug-likeness (QED) is 0.785. The van der Waals surface area contributed by atoms with Crippen LogP contribution in [0.5, 0.6) is 0 Å². The van der Waals surface area contributed by atoms with Crippen LogP contribution in [0.2, 0.25) is 5.28 Å². The van der Waals surface area contributed by atoms with E-state index in [0.717, 1.165) is 31.3 Å². The summed E-state index contributed by atoms with van der Waals surface area (Å²) in [4.78, 5) is 11.1. The Kier molecular flexibility index (Phi) is 4.15. The molecule has 0 bridgehead atoms. The van der Waals surface area contributed by atoms with Crippen LogP contribution in [0.4, 0.5) is 5.82 Å². The van der Waals surface area contributed by atoms with E-state index in [1.54, 1.807) is 0 Å². The van der Waals surface area contributed by atoms with Gasteiger partial charge in [0.2, 0.25) is 5.28 Å². The summed E-state index contributed by atoms with van der Waals surface area (Å²) in [6.45, 7) is 4.51. The van der Waals surface area contributed by atoms with Crippen LogP contribution in [0.25, 0.3) is 0 Å². The lowest BCUT2D eigenvalue weighted by Crippen LogP contribution is -2.44. The second-order valence-corrected chi connectivity index (χ2v) is 6.69. The zero-order valence-electron chi connectivity index (χ0n) is 11.0. The van der Waals surface area contributed by atoms with Crippen molar-refractivity contribution in [2.75, 3.05) is 30.4 Å². The minimum absolute atomic E-state index is 0.337. The van der Waals surface area contributed by atoms with E-state index in [-0.39, 0.29) is 0 Å². The van der Waals surface area contributed by atoms with Crippen LogP contribution in [-0.2, 0) is 4.74 Å². The first kappa shape index (κ1) is 13.5. The number of hydrogen-bond acceptors (Lipinski definition) is 5. The van der Waals surface area contributed by atoms with E-state index >= 15 is 0 Å². The number of hydrogen-bond donors (Lipinski definition) is 0. The highest BCUT2D eigenvalue weighted by Gasteiger charge is 2.24. The number of anilines is 1. The molecule has 104 valence electrons. The molecule has 3 heterocycles. The molecule has 3 rings (SSSR count). The molecule has 2 saturated heterocycles. The Bertz CT molecular complexity index is 454. The normalized spacial score (nSPS) is 27.8. The van der Waals surface area contributed by atoms with E-state index in [0.29, 0.717) is 16.6 Å². The van der Waals surface area contributed by atoms with Crippen LogP contribution in [0.15, 0.2) is 6.07 Å². The zero-order valence-corrected chi connectivity index (χ0v) is 12.6. The van der Waals surface area contributed by atoms with E-state index in [9.17, 15) is 0 Å². The SMILES string of the molecule is CC1COCCN1c1cc(C2CCCS2)nc(Cl)n1. The number of aromatic nitrogens is 2. The van der Waals surface area contributed by atoms with Gasteiger partial charge in [-0.15, -0.1) is 0 Å². The van der Waals surface area contributed by atoms with Crippen LogP contribution in [0, 0.1) is 0 Å². The van der Waals surface area contributed by atoms with Crippen molar-refractivity contribution in [2.45, 2.75) is 31.1 Å². The summed E-state index contributed by atoms with van der Waals surface area (Å²) in [5, 5.41) is 0.842. The second-order valence-electron chi connectivity index (χ2n) is 5.04. The number of halogens is 1. The fourth-order valence-corrected chi connectivity index (χ4v) is 4.04. The number of rotatable bonds is 2. The molecule has 0 spiro atoms. The Hall–Kier alpha value is -0.520. The number of nitrogens with zero attached hydrogens (tertiary/aromatic N) is 3. The Morgan fingerprint density at radius 3 is 3.11 bits per heavy atom. The topological polar surface area (TPSA) is 38.2 Å². The molecule has 0 amide bonds. The van der Waals surface area contributed by atoms with Crippen molar-refractivity contribution in [3.05, 3.63) is 17.0 Å². The molecule has 19 heavy (non-hydrogen) atoms. The van der Waals surface area contributed by atoms with Crippen LogP contribution in [-0.4, -0.2) is 41.5 Å². The molecular formula is C13H18ClN3OS. The fourth-order valence-electron chi connectivity index (χ4n) is 2.61. The van der Waals surface area contributed by atoms with Crippen LogP contribution < -0.4 is 4.90 Å². The molecule has 0 saturated carbocycles. The minimum atomic E-state index is 0.337. The summed E-state index contributed by atoms with van der Waals surface area (Å²) in [7, 11) is 0. The summed E-state index contributed by atoms with van der Waals surface area (Å²) < 4.78 is 5.47. The van der Waals surface area contributed by atoms with Crippen LogP contribution >= 0.6 is 23.4 Å². The van der Waals surface area contributed by atoms with E-state index in [1.807, 2.05) is 11.8 Å². The lowest BCUT2D eigenvalue weighted by Gasteiger charge is -2.34. The maximum atomic E-state index is 6.11. The van der Waals surface area contributed by atoms with Gasteiger partial charge in [0.25, 0.3) is 0 Å². The van der Waals surface area contributed by atoms with Gasteiger partial charge in [-0.1, -0.05) is 0 Å². The van der Waals surface area contributed by atoms with Crippen molar-refractivity contribution in [3.8, 4) is 0 Å². The first-order valence-corrected chi connectivity index (χ1v) is 8.17. The minimum Gasteiger partial charge on any atom is -0.377 e. The summed E-state index contributed by atoms with van der Waals surface area (Å²) in [5.41, 5.74) is 1.08. The summed E-state index contributed by atoms with van der Waals surface area (Å²) in [6.07, 6.45) is 2.45. The monoisotopic (exact) mass is 299 g/mol. The van der Waals surface area contributed by atoms with E-state index in [1.165, 1.54) is 18.6 Å². The molecule has 0 aromatic carbocycles. The molecular weight excluding hydrogens is 282 g/mol. The van der Waals surface area contributed by atoms with Gasteiger partial charge < -0.3 is 9.64 Å². The Labute approximate surface area is 122 Å². The Balaban J connectivity index is 1.88. The lowest BCUT2D eigenvalue weighted by molar-refractivity contribution is 0.0985. The third-order valence-electron chi connectivity index (χ3n) is 3.63. The molecule has 0 N–H and O–H groups in total. The Morgan fingerprint density at radius 1 is 1.47 bits per heavy atom. The molecule has 2 fully saturated rings. The van der Waals surface area contributed by atoms with Crippen molar-refractivity contribution < 1.29 is 4.74 Å². The van der Waals surface area contributed by atoms with Gasteiger partial charge in [0, 0.05) is 17.9 Å². The number of thioether (sulfide) groups is 1. The van der Waals surface area contributed by atoms with Crippen LogP contribution in [0.3, 0.4) is 0 Å². The molecule has 1 aromatic rings. The number of morpholine rings is 1. The van der Waals surface area contributed by atoms with Gasteiger partial charge in [-0.25, -0.2) is 9.97 Å². The van der Waals surface area contributed by atoms with E-state index in [4.69, 9.17) is 16.3 Å². The molecule has 1 aromatic heterocycles. The standard InChI is InChI=1S/C13H18ClN3OS/c1-9-8-18-5-4-17(9)12-7-10(15-13(14)16-12)11-3-2-6-19-11/h7,9,11H,2-6,8H2,1H3. The molecule has 2 atom stereocenters. The zero-order chi connectivity index (χ0) is 13.2. The van der Waals surface area contributed by atoms with Gasteiger partial charge in [-0.3, -0.25) is 0 Å². The first-order chi connectivity index (χ1) is 9.24. The van der Waals surface area contributed by atoms with Gasteiger partial charge in [-0.2, -0.15) is 11.8 Å². The van der Waals surface area contributed by atoms with Gasteiger partial charge in [0.15, 0.2) is 0 Å². The van der Waals surface area contributed by atoms with Crippen molar-refractivity contribution >= 4 is 29.2 Å². The lowest BCUT2D eigenvalue weighted by atomic mass is 10.2. The average Bonchev–Trinajstić information content (AvgIpc) is 2.92.